The lowest BCUT2D eigenvalue weighted by molar-refractivity contribution is 0.199. The molecule has 0 fully saturated rings. The van der Waals surface area contributed by atoms with Crippen molar-refractivity contribution in [2.24, 2.45) is 23.2 Å². The number of rotatable bonds is 7. The lowest BCUT2D eigenvalue weighted by Gasteiger charge is -2.42. The second kappa shape index (κ2) is 9.24. The van der Waals surface area contributed by atoms with Crippen LogP contribution in [0.1, 0.15) is 53.2 Å². The zero-order valence-corrected chi connectivity index (χ0v) is 18.5. The molecule has 0 aliphatic heterocycles. The molecule has 3 nitrogen and oxygen atoms in total. The second-order valence-electron chi connectivity index (χ2n) is 8.73. The van der Waals surface area contributed by atoms with Gasteiger partial charge < -0.3 is 4.90 Å². The van der Waals surface area contributed by atoms with Gasteiger partial charge in [0.1, 0.15) is 0 Å². The third-order valence-corrected chi connectivity index (χ3v) is 6.21. The number of nitriles is 1. The van der Waals surface area contributed by atoms with Crippen molar-refractivity contribution in [2.75, 3.05) is 19.0 Å². The topological polar surface area (TPSA) is 39.9 Å². The summed E-state index contributed by atoms with van der Waals surface area (Å²) in [7, 11) is 4.09. The van der Waals surface area contributed by atoms with Crippen LogP contribution >= 0.6 is 0 Å². The van der Waals surface area contributed by atoms with E-state index in [9.17, 15) is 5.26 Å². The van der Waals surface area contributed by atoms with Crippen LogP contribution in [0, 0.1) is 34.5 Å². The summed E-state index contributed by atoms with van der Waals surface area (Å²) in [6.07, 6.45) is 12.8. The summed E-state index contributed by atoms with van der Waals surface area (Å²) in [4.78, 5) is 6.80. The molecule has 2 rings (SSSR count). The van der Waals surface area contributed by atoms with Crippen LogP contribution in [0.3, 0.4) is 0 Å². The van der Waals surface area contributed by atoms with Crippen LogP contribution in [-0.2, 0) is 0 Å². The minimum Gasteiger partial charge on any atom is -0.378 e. The van der Waals surface area contributed by atoms with Gasteiger partial charge in [0.15, 0.2) is 0 Å². The Balaban J connectivity index is 2.60. The first-order valence-corrected chi connectivity index (χ1v) is 10.4. The average molecular weight is 378 g/mol. The zero-order valence-electron chi connectivity index (χ0n) is 18.5. The summed E-state index contributed by atoms with van der Waals surface area (Å²) >= 11 is 0. The third-order valence-electron chi connectivity index (χ3n) is 6.21. The Kier molecular flexibility index (Phi) is 7.24. The van der Waals surface area contributed by atoms with Crippen molar-refractivity contribution in [1.29, 1.82) is 5.26 Å². The number of pyridine rings is 1. The molecule has 0 N–H and O–H groups in total. The Labute approximate surface area is 171 Å². The second-order valence-corrected chi connectivity index (χ2v) is 8.73. The Morgan fingerprint density at radius 3 is 2.64 bits per heavy atom. The molecular weight excluding hydrogens is 342 g/mol. The van der Waals surface area contributed by atoms with Gasteiger partial charge in [0.25, 0.3) is 0 Å². The molecule has 3 atom stereocenters. The van der Waals surface area contributed by atoms with Crippen molar-refractivity contribution >= 4 is 11.3 Å². The van der Waals surface area contributed by atoms with Crippen molar-refractivity contribution < 1.29 is 0 Å². The van der Waals surface area contributed by atoms with E-state index in [1.807, 2.05) is 26.4 Å². The van der Waals surface area contributed by atoms with Crippen LogP contribution in [0.2, 0.25) is 0 Å². The van der Waals surface area contributed by atoms with Crippen molar-refractivity contribution in [3.63, 3.8) is 0 Å². The lowest BCUT2D eigenvalue weighted by atomic mass is 9.61. The van der Waals surface area contributed by atoms with Gasteiger partial charge >= 0.3 is 0 Å². The number of hydrogen-bond donors (Lipinski definition) is 0. The number of nitrogens with zero attached hydrogens (tertiary/aromatic N) is 3. The molecule has 1 aromatic rings. The van der Waals surface area contributed by atoms with E-state index < -0.39 is 0 Å². The molecule has 0 aromatic carbocycles. The summed E-state index contributed by atoms with van der Waals surface area (Å²) in [5, 5.41) is 9.51. The number of anilines is 1. The Hall–Kier alpha value is -2.34. The molecule has 3 heteroatoms. The fourth-order valence-electron chi connectivity index (χ4n) is 3.94. The Morgan fingerprint density at radius 2 is 2.07 bits per heavy atom. The summed E-state index contributed by atoms with van der Waals surface area (Å²) in [6.45, 7) is 11.4. The van der Waals surface area contributed by atoms with Crippen LogP contribution in [0.4, 0.5) is 5.69 Å². The first-order chi connectivity index (χ1) is 13.2. The largest absolute Gasteiger partial charge is 0.378 e. The first-order valence-electron chi connectivity index (χ1n) is 10.4. The summed E-state index contributed by atoms with van der Waals surface area (Å²) < 4.78 is 0. The molecule has 0 saturated carbocycles. The smallest absolute Gasteiger partial charge is 0.0988 e. The molecule has 3 unspecified atom stereocenters. The van der Waals surface area contributed by atoms with Gasteiger partial charge in [-0.3, -0.25) is 4.98 Å². The predicted molar refractivity (Wildman–Crippen MR) is 120 cm³/mol. The molecule has 150 valence electrons. The number of hydrogen-bond acceptors (Lipinski definition) is 3. The minimum absolute atomic E-state index is 0.00185. The predicted octanol–water partition coefficient (Wildman–Crippen LogP) is 6.27. The van der Waals surface area contributed by atoms with Crippen molar-refractivity contribution in [3.8, 4) is 6.07 Å². The highest BCUT2D eigenvalue weighted by Crippen LogP contribution is 2.49. The van der Waals surface area contributed by atoms with Gasteiger partial charge in [-0.25, -0.2) is 0 Å². The van der Waals surface area contributed by atoms with Gasteiger partial charge in [-0.15, -0.1) is 0 Å². The van der Waals surface area contributed by atoms with E-state index in [0.717, 1.165) is 29.8 Å². The first kappa shape index (κ1) is 22.0. The van der Waals surface area contributed by atoms with E-state index in [0.29, 0.717) is 17.8 Å². The van der Waals surface area contributed by atoms with Crippen molar-refractivity contribution in [1.82, 2.24) is 4.98 Å². The highest BCUT2D eigenvalue weighted by molar-refractivity contribution is 5.73. The lowest BCUT2D eigenvalue weighted by Crippen LogP contribution is -2.34. The average Bonchev–Trinajstić information content (AvgIpc) is 2.70. The van der Waals surface area contributed by atoms with Gasteiger partial charge in [0.05, 0.1) is 11.8 Å². The van der Waals surface area contributed by atoms with E-state index >= 15 is 0 Å². The molecule has 28 heavy (non-hydrogen) atoms. The maximum Gasteiger partial charge on any atom is 0.0988 e. The monoisotopic (exact) mass is 377 g/mol. The van der Waals surface area contributed by atoms with E-state index in [1.165, 1.54) is 5.57 Å². The van der Waals surface area contributed by atoms with Gasteiger partial charge in [-0.2, -0.15) is 5.26 Å². The molecule has 1 heterocycles. The van der Waals surface area contributed by atoms with Gasteiger partial charge in [0, 0.05) is 31.6 Å². The van der Waals surface area contributed by atoms with Crippen LogP contribution in [0.15, 0.2) is 48.2 Å². The zero-order chi connectivity index (χ0) is 20.9. The van der Waals surface area contributed by atoms with E-state index in [4.69, 9.17) is 4.98 Å². The number of allylic oxidation sites excluding steroid dienone is 6. The summed E-state index contributed by atoms with van der Waals surface area (Å²) in [5.74, 6) is 1.32. The fraction of sp³-hybridized carbons (Fsp3) is 0.520. The normalized spacial score (nSPS) is 20.3. The molecule has 0 amide bonds. The van der Waals surface area contributed by atoms with Crippen LogP contribution in [0.5, 0.6) is 0 Å². The van der Waals surface area contributed by atoms with Crippen molar-refractivity contribution in [3.05, 3.63) is 53.9 Å². The van der Waals surface area contributed by atoms with Gasteiger partial charge in [-0.05, 0) is 53.4 Å². The van der Waals surface area contributed by atoms with Crippen LogP contribution in [-0.4, -0.2) is 19.1 Å². The fourth-order valence-corrected chi connectivity index (χ4v) is 3.94. The molecule has 0 bridgehead atoms. The van der Waals surface area contributed by atoms with Crippen LogP contribution in [0.25, 0.3) is 5.57 Å². The van der Waals surface area contributed by atoms with E-state index in [2.05, 4.69) is 76.0 Å². The quantitative estimate of drug-likeness (QED) is 0.526. The standard InChI is InChI=1S/C25H35N3/c1-8-19(4)25(5,13-11-18(2)3)23-10-9-20(17-26)15-22(23)24-16-21(28(6)7)12-14-27-24/h9,11-16,18-19,23H,8,10H2,1-7H3. The molecular formula is C25H35N3. The molecule has 0 radical (unpaired) electrons. The molecule has 1 aromatic heterocycles. The minimum atomic E-state index is -0.00185. The SMILES string of the molecule is CCC(C)C(C)(C=CC(C)C)C1CC=C(C#N)C=C1c1cc(N(C)C)ccn1. The summed E-state index contributed by atoms with van der Waals surface area (Å²) in [5.41, 5.74) is 4.02. The highest BCUT2D eigenvalue weighted by Gasteiger charge is 2.39. The summed E-state index contributed by atoms with van der Waals surface area (Å²) in [6, 6.07) is 6.50. The van der Waals surface area contributed by atoms with Crippen LogP contribution < -0.4 is 4.90 Å². The van der Waals surface area contributed by atoms with Gasteiger partial charge in [0.2, 0.25) is 0 Å². The molecule has 0 saturated heterocycles. The highest BCUT2D eigenvalue weighted by atomic mass is 15.1. The van der Waals surface area contributed by atoms with E-state index in [-0.39, 0.29) is 5.41 Å². The molecule has 1 aliphatic rings. The molecule has 0 spiro atoms. The Morgan fingerprint density at radius 1 is 1.36 bits per heavy atom. The van der Waals surface area contributed by atoms with Crippen molar-refractivity contribution in [2.45, 2.75) is 47.5 Å². The van der Waals surface area contributed by atoms with E-state index in [1.54, 1.807) is 0 Å². The van der Waals surface area contributed by atoms with Gasteiger partial charge in [-0.1, -0.05) is 59.3 Å². The number of aromatic nitrogens is 1. The molecule has 1 aliphatic carbocycles. The maximum atomic E-state index is 9.51. The third kappa shape index (κ3) is 4.73. The maximum absolute atomic E-state index is 9.51. The Bertz CT molecular complexity index is 807.